The highest BCUT2D eigenvalue weighted by molar-refractivity contribution is 6.30. The summed E-state index contributed by atoms with van der Waals surface area (Å²) in [7, 11) is 0. The average Bonchev–Trinajstić information content (AvgIpc) is 3.00. The number of nitrogens with zero attached hydrogens (tertiary/aromatic N) is 4. The smallest absolute Gasteiger partial charge is 0.280 e. The molecule has 0 bridgehead atoms. The van der Waals surface area contributed by atoms with E-state index in [0.29, 0.717) is 23.7 Å². The lowest BCUT2D eigenvalue weighted by Gasteiger charge is -2.22. The van der Waals surface area contributed by atoms with Gasteiger partial charge in [-0.1, -0.05) is 48.0 Å². The monoisotopic (exact) mass is 381 g/mol. The molecule has 1 aliphatic rings. The van der Waals surface area contributed by atoms with Crippen molar-refractivity contribution in [2.75, 3.05) is 18.0 Å². The molecule has 0 spiro atoms. The van der Waals surface area contributed by atoms with Gasteiger partial charge in [0, 0.05) is 30.3 Å². The molecule has 2 heterocycles. The minimum atomic E-state index is -0.128. The van der Waals surface area contributed by atoms with Gasteiger partial charge in [0.05, 0.1) is 11.4 Å². The summed E-state index contributed by atoms with van der Waals surface area (Å²) in [5, 5.41) is 12.4. The maximum atomic E-state index is 13.4. The van der Waals surface area contributed by atoms with Gasteiger partial charge in [0.15, 0.2) is 5.69 Å². The minimum absolute atomic E-state index is 0.128. The largest absolute Gasteiger partial charge is 0.311 e. The van der Waals surface area contributed by atoms with E-state index in [1.54, 1.807) is 15.6 Å². The van der Waals surface area contributed by atoms with E-state index in [1.165, 1.54) is 0 Å². The average molecular weight is 382 g/mol. The Balaban J connectivity index is 1.75. The van der Waals surface area contributed by atoms with Crippen LogP contribution in [0.5, 0.6) is 0 Å². The van der Waals surface area contributed by atoms with Gasteiger partial charge in [-0.15, -0.1) is 5.10 Å². The number of hydrogen-bond donors (Lipinski definition) is 1. The number of rotatable bonds is 3. The Bertz CT molecular complexity index is 984. The molecule has 0 saturated heterocycles. The molecule has 6 nitrogen and oxygen atoms in total. The Morgan fingerprint density at radius 3 is 2.89 bits per heavy atom. The lowest BCUT2D eigenvalue weighted by atomic mass is 10.1. The number of carbonyl (C=O) groups excluding carboxylic acids is 1. The van der Waals surface area contributed by atoms with Gasteiger partial charge in [0.1, 0.15) is 0 Å². The molecule has 138 valence electrons. The highest BCUT2D eigenvalue weighted by atomic mass is 35.5. The Labute approximate surface area is 162 Å². The molecule has 0 fully saturated rings. The van der Waals surface area contributed by atoms with Crippen LogP contribution in [0.3, 0.4) is 0 Å². The number of amides is 1. The van der Waals surface area contributed by atoms with Crippen molar-refractivity contribution in [3.05, 3.63) is 70.5 Å². The molecule has 0 unspecified atom stereocenters. The molecule has 0 saturated carbocycles. The number of para-hydroxylation sites is 1. The van der Waals surface area contributed by atoms with E-state index in [9.17, 15) is 4.79 Å². The normalized spacial score (nSPS) is 13.9. The number of benzene rings is 2. The Hall–Kier alpha value is -2.70. The molecule has 1 amide bonds. The first-order valence-electron chi connectivity index (χ1n) is 9.00. The van der Waals surface area contributed by atoms with Gasteiger partial charge in [-0.3, -0.25) is 4.79 Å². The number of hydrogen-bond acceptors (Lipinski definition) is 4. The lowest BCUT2D eigenvalue weighted by Crippen LogP contribution is -2.35. The molecular formula is C20H20ClN5O. The van der Waals surface area contributed by atoms with Crippen molar-refractivity contribution in [3.63, 3.8) is 0 Å². The van der Waals surface area contributed by atoms with Crippen LogP contribution in [0.2, 0.25) is 5.02 Å². The minimum Gasteiger partial charge on any atom is -0.311 e. The molecule has 0 atom stereocenters. The van der Waals surface area contributed by atoms with E-state index >= 15 is 0 Å². The van der Waals surface area contributed by atoms with Crippen molar-refractivity contribution in [1.82, 2.24) is 20.3 Å². The van der Waals surface area contributed by atoms with Gasteiger partial charge < -0.3 is 10.2 Å². The second-order valence-electron chi connectivity index (χ2n) is 6.39. The third-order valence-corrected chi connectivity index (χ3v) is 4.94. The summed E-state index contributed by atoms with van der Waals surface area (Å²) in [4.78, 5) is 15.2. The first kappa shape index (κ1) is 17.7. The van der Waals surface area contributed by atoms with Crippen LogP contribution in [0, 0.1) is 0 Å². The van der Waals surface area contributed by atoms with E-state index in [2.05, 4.69) is 15.6 Å². The van der Waals surface area contributed by atoms with Gasteiger partial charge in [-0.05, 0) is 36.2 Å². The van der Waals surface area contributed by atoms with Gasteiger partial charge in [-0.25, -0.2) is 4.68 Å². The zero-order valence-electron chi connectivity index (χ0n) is 15.0. The third kappa shape index (κ3) is 3.34. The van der Waals surface area contributed by atoms with Gasteiger partial charge in [-0.2, -0.15) is 0 Å². The Kier molecular flexibility index (Phi) is 4.92. The third-order valence-electron chi connectivity index (χ3n) is 4.71. The fourth-order valence-corrected chi connectivity index (χ4v) is 3.58. The summed E-state index contributed by atoms with van der Waals surface area (Å²) >= 11 is 6.11. The second-order valence-corrected chi connectivity index (χ2v) is 6.83. The maximum absolute atomic E-state index is 13.4. The van der Waals surface area contributed by atoms with Crippen LogP contribution in [-0.4, -0.2) is 34.0 Å². The quantitative estimate of drug-likeness (QED) is 0.756. The molecule has 1 aromatic heterocycles. The van der Waals surface area contributed by atoms with Crippen LogP contribution in [0.15, 0.2) is 48.5 Å². The van der Waals surface area contributed by atoms with E-state index in [4.69, 9.17) is 11.6 Å². The molecule has 1 aliphatic heterocycles. The number of halogens is 1. The zero-order valence-corrected chi connectivity index (χ0v) is 15.8. The van der Waals surface area contributed by atoms with E-state index in [0.717, 1.165) is 35.7 Å². The maximum Gasteiger partial charge on any atom is 0.280 e. The highest BCUT2D eigenvalue weighted by Crippen LogP contribution is 2.25. The fourth-order valence-electron chi connectivity index (χ4n) is 3.40. The summed E-state index contributed by atoms with van der Waals surface area (Å²) in [6.45, 7) is 4.05. The van der Waals surface area contributed by atoms with Crippen molar-refractivity contribution in [2.24, 2.45) is 0 Å². The SMILES string of the molecule is CCc1c(C(=O)N2CCNCc3ccccc32)nnn1-c1cccc(Cl)c1. The fraction of sp³-hybridized carbons (Fsp3) is 0.250. The molecule has 1 N–H and O–H groups in total. The van der Waals surface area contributed by atoms with Crippen molar-refractivity contribution in [2.45, 2.75) is 19.9 Å². The van der Waals surface area contributed by atoms with Gasteiger partial charge in [0.25, 0.3) is 5.91 Å². The molecule has 0 radical (unpaired) electrons. The number of nitrogens with one attached hydrogen (secondary N) is 1. The molecule has 7 heteroatoms. The molecule has 0 aliphatic carbocycles. The topological polar surface area (TPSA) is 63.1 Å². The lowest BCUT2D eigenvalue weighted by molar-refractivity contribution is 0.0982. The van der Waals surface area contributed by atoms with Crippen molar-refractivity contribution < 1.29 is 4.79 Å². The molecule has 27 heavy (non-hydrogen) atoms. The van der Waals surface area contributed by atoms with Crippen LogP contribution < -0.4 is 10.2 Å². The molecule has 2 aromatic carbocycles. The Morgan fingerprint density at radius 1 is 1.22 bits per heavy atom. The predicted octanol–water partition coefficient (Wildman–Crippen LogP) is 3.23. The van der Waals surface area contributed by atoms with Crippen molar-refractivity contribution >= 4 is 23.2 Å². The first-order chi connectivity index (χ1) is 13.2. The van der Waals surface area contributed by atoms with Crippen LogP contribution in [0.4, 0.5) is 5.69 Å². The number of anilines is 1. The van der Waals surface area contributed by atoms with E-state index in [1.807, 2.05) is 49.4 Å². The number of carbonyl (C=O) groups is 1. The summed E-state index contributed by atoms with van der Waals surface area (Å²) < 4.78 is 1.70. The Morgan fingerprint density at radius 2 is 2.07 bits per heavy atom. The molecular weight excluding hydrogens is 362 g/mol. The predicted molar refractivity (Wildman–Crippen MR) is 106 cm³/mol. The van der Waals surface area contributed by atoms with Crippen molar-refractivity contribution in [1.29, 1.82) is 0 Å². The summed E-state index contributed by atoms with van der Waals surface area (Å²) in [5.41, 5.74) is 3.98. The van der Waals surface area contributed by atoms with E-state index in [-0.39, 0.29) is 5.91 Å². The molecule has 3 aromatic rings. The number of aromatic nitrogens is 3. The van der Waals surface area contributed by atoms with Crippen molar-refractivity contribution in [3.8, 4) is 5.69 Å². The first-order valence-corrected chi connectivity index (χ1v) is 9.38. The standard InChI is InChI=1S/C20H20ClN5O/c1-2-17-19(23-24-26(17)16-8-5-7-15(21)12-16)20(27)25-11-10-22-13-14-6-3-4-9-18(14)25/h3-9,12,22H,2,10-11,13H2,1H3. The van der Waals surface area contributed by atoms with Crippen LogP contribution in [-0.2, 0) is 13.0 Å². The summed E-state index contributed by atoms with van der Waals surface area (Å²) in [6.07, 6.45) is 0.633. The second kappa shape index (κ2) is 7.50. The van der Waals surface area contributed by atoms with E-state index < -0.39 is 0 Å². The highest BCUT2D eigenvalue weighted by Gasteiger charge is 2.27. The zero-order chi connectivity index (χ0) is 18.8. The van der Waals surface area contributed by atoms with Crippen LogP contribution >= 0.6 is 11.6 Å². The van der Waals surface area contributed by atoms with Gasteiger partial charge in [0.2, 0.25) is 0 Å². The molecule has 4 rings (SSSR count). The van der Waals surface area contributed by atoms with Gasteiger partial charge >= 0.3 is 0 Å². The summed E-state index contributed by atoms with van der Waals surface area (Å²) in [5.74, 6) is -0.128. The summed E-state index contributed by atoms with van der Waals surface area (Å²) in [6, 6.07) is 15.3. The number of fused-ring (bicyclic) bond motifs is 1. The van der Waals surface area contributed by atoms with Crippen LogP contribution in [0.25, 0.3) is 5.69 Å². The van der Waals surface area contributed by atoms with Crippen LogP contribution in [0.1, 0.15) is 28.7 Å².